The molecule has 1 aromatic carbocycles. The second kappa shape index (κ2) is 8.75. The van der Waals surface area contributed by atoms with Crippen LogP contribution in [0.3, 0.4) is 0 Å². The fourth-order valence-corrected chi connectivity index (χ4v) is 1.94. The highest BCUT2D eigenvalue weighted by molar-refractivity contribution is 5.85. The molecule has 0 aliphatic rings. The molecular weight excluding hydrogens is 296 g/mol. The smallest absolute Gasteiger partial charge is 0.354 e. The molecule has 1 aromatic heterocycles. The largest absolute Gasteiger partial charge is 0.494 e. The number of aromatic nitrogens is 1. The molecule has 0 atom stereocenters. The van der Waals surface area contributed by atoms with E-state index in [1.165, 1.54) is 6.07 Å². The van der Waals surface area contributed by atoms with Crippen molar-refractivity contribution < 1.29 is 19.4 Å². The number of hydrogen-bond donors (Lipinski definition) is 2. The third-order valence-corrected chi connectivity index (χ3v) is 3.13. The third kappa shape index (κ3) is 5.60. The molecule has 0 aliphatic carbocycles. The second-order valence-electron chi connectivity index (χ2n) is 4.91. The Morgan fingerprint density at radius 1 is 1.17 bits per heavy atom. The minimum Gasteiger partial charge on any atom is -0.494 e. The summed E-state index contributed by atoms with van der Waals surface area (Å²) in [5.41, 5.74) is 1.08. The second-order valence-corrected chi connectivity index (χ2v) is 4.91. The molecule has 1 heterocycles. The van der Waals surface area contributed by atoms with Gasteiger partial charge in [-0.2, -0.15) is 0 Å². The van der Waals surface area contributed by atoms with Crippen molar-refractivity contribution >= 4 is 11.8 Å². The molecule has 23 heavy (non-hydrogen) atoms. The Hall–Kier alpha value is -2.60. The first-order chi connectivity index (χ1) is 11.2. The van der Waals surface area contributed by atoms with Gasteiger partial charge in [0.1, 0.15) is 11.6 Å². The van der Waals surface area contributed by atoms with Crippen molar-refractivity contribution in [3.8, 4) is 5.75 Å². The van der Waals surface area contributed by atoms with Crippen molar-refractivity contribution in [2.24, 2.45) is 0 Å². The summed E-state index contributed by atoms with van der Waals surface area (Å²) in [5, 5.41) is 12.0. The number of anilines is 1. The molecule has 6 heteroatoms. The van der Waals surface area contributed by atoms with Gasteiger partial charge in [0, 0.05) is 26.7 Å². The molecule has 0 aliphatic heterocycles. The minimum absolute atomic E-state index is 0.0230. The monoisotopic (exact) mass is 316 g/mol. The van der Waals surface area contributed by atoms with E-state index in [2.05, 4.69) is 10.3 Å². The number of methoxy groups -OCH3 is 1. The van der Waals surface area contributed by atoms with E-state index in [0.29, 0.717) is 25.6 Å². The molecule has 0 spiro atoms. The molecule has 2 aromatic rings. The minimum atomic E-state index is -1.04. The third-order valence-electron chi connectivity index (χ3n) is 3.13. The van der Waals surface area contributed by atoms with Crippen LogP contribution in [0.4, 0.5) is 5.82 Å². The Morgan fingerprint density at radius 3 is 2.65 bits per heavy atom. The van der Waals surface area contributed by atoms with Gasteiger partial charge in [0.15, 0.2) is 5.69 Å². The average Bonchev–Trinajstić information content (AvgIpc) is 2.58. The highest BCUT2D eigenvalue weighted by Gasteiger charge is 2.04. The quantitative estimate of drug-likeness (QED) is 0.692. The van der Waals surface area contributed by atoms with Crippen molar-refractivity contribution in [1.29, 1.82) is 0 Å². The SMILES string of the molecule is COCCCOc1ccc(CNc2cccc(C(=O)O)n2)cc1. The fraction of sp³-hybridized carbons (Fsp3) is 0.294. The van der Waals surface area contributed by atoms with Crippen LogP contribution in [-0.4, -0.2) is 36.4 Å². The summed E-state index contributed by atoms with van der Waals surface area (Å²) >= 11 is 0. The van der Waals surface area contributed by atoms with E-state index >= 15 is 0 Å². The Bertz CT molecular complexity index is 629. The van der Waals surface area contributed by atoms with Gasteiger partial charge in [-0.15, -0.1) is 0 Å². The Morgan fingerprint density at radius 2 is 1.96 bits per heavy atom. The number of rotatable bonds is 9. The zero-order chi connectivity index (χ0) is 16.5. The van der Waals surface area contributed by atoms with Gasteiger partial charge in [0.2, 0.25) is 0 Å². The summed E-state index contributed by atoms with van der Waals surface area (Å²) in [7, 11) is 1.67. The van der Waals surface area contributed by atoms with Crippen LogP contribution < -0.4 is 10.1 Å². The highest BCUT2D eigenvalue weighted by atomic mass is 16.5. The van der Waals surface area contributed by atoms with Crippen molar-refractivity contribution in [1.82, 2.24) is 4.98 Å². The molecule has 6 nitrogen and oxygen atoms in total. The van der Waals surface area contributed by atoms with Crippen LogP contribution in [0.15, 0.2) is 42.5 Å². The molecule has 2 rings (SSSR count). The molecule has 0 unspecified atom stereocenters. The lowest BCUT2D eigenvalue weighted by atomic mass is 10.2. The van der Waals surface area contributed by atoms with Crippen LogP contribution in [0, 0.1) is 0 Å². The molecule has 0 saturated heterocycles. The Labute approximate surface area is 135 Å². The number of hydrogen-bond acceptors (Lipinski definition) is 5. The number of aromatic carboxylic acids is 1. The van der Waals surface area contributed by atoms with Gasteiger partial charge < -0.3 is 19.9 Å². The zero-order valence-corrected chi connectivity index (χ0v) is 13.0. The van der Waals surface area contributed by atoms with Gasteiger partial charge in [-0.05, 0) is 29.8 Å². The lowest BCUT2D eigenvalue weighted by Crippen LogP contribution is -2.06. The van der Waals surface area contributed by atoms with Gasteiger partial charge in [-0.3, -0.25) is 0 Å². The Kier molecular flexibility index (Phi) is 6.38. The lowest BCUT2D eigenvalue weighted by Gasteiger charge is -2.08. The van der Waals surface area contributed by atoms with E-state index in [1.807, 2.05) is 24.3 Å². The first-order valence-corrected chi connectivity index (χ1v) is 7.34. The summed E-state index contributed by atoms with van der Waals surface area (Å²) in [6.45, 7) is 1.86. The van der Waals surface area contributed by atoms with Gasteiger partial charge in [-0.1, -0.05) is 18.2 Å². The lowest BCUT2D eigenvalue weighted by molar-refractivity contribution is 0.0690. The number of carbonyl (C=O) groups is 1. The van der Waals surface area contributed by atoms with E-state index < -0.39 is 5.97 Å². The summed E-state index contributed by atoms with van der Waals surface area (Å²) in [4.78, 5) is 14.9. The summed E-state index contributed by atoms with van der Waals surface area (Å²) in [6.07, 6.45) is 0.853. The number of carboxylic acids is 1. The van der Waals surface area contributed by atoms with Crippen LogP contribution in [0.5, 0.6) is 5.75 Å². The molecule has 0 amide bonds. The number of pyridine rings is 1. The number of ether oxygens (including phenoxy) is 2. The van der Waals surface area contributed by atoms with Crippen LogP contribution >= 0.6 is 0 Å². The van der Waals surface area contributed by atoms with Gasteiger partial charge in [0.05, 0.1) is 6.61 Å². The predicted molar refractivity (Wildman–Crippen MR) is 87.0 cm³/mol. The normalized spacial score (nSPS) is 10.3. The molecule has 122 valence electrons. The highest BCUT2D eigenvalue weighted by Crippen LogP contribution is 2.14. The van der Waals surface area contributed by atoms with Gasteiger partial charge in [0.25, 0.3) is 0 Å². The van der Waals surface area contributed by atoms with Crippen LogP contribution in [0.1, 0.15) is 22.5 Å². The molecule has 0 saturated carbocycles. The van der Waals surface area contributed by atoms with E-state index in [4.69, 9.17) is 14.6 Å². The maximum absolute atomic E-state index is 10.9. The maximum Gasteiger partial charge on any atom is 0.354 e. The van der Waals surface area contributed by atoms with Crippen molar-refractivity contribution in [2.45, 2.75) is 13.0 Å². The molecule has 0 fully saturated rings. The summed E-state index contributed by atoms with van der Waals surface area (Å²) in [6, 6.07) is 12.6. The number of nitrogens with one attached hydrogen (secondary N) is 1. The van der Waals surface area contributed by atoms with Crippen molar-refractivity contribution in [3.05, 3.63) is 53.7 Å². The average molecular weight is 316 g/mol. The van der Waals surface area contributed by atoms with Crippen molar-refractivity contribution in [3.63, 3.8) is 0 Å². The standard InChI is InChI=1S/C17H20N2O4/c1-22-10-3-11-23-14-8-6-13(7-9-14)12-18-16-5-2-4-15(19-16)17(20)21/h2,4-9H,3,10-12H2,1H3,(H,18,19)(H,20,21). The van der Waals surface area contributed by atoms with Crippen LogP contribution in [0.2, 0.25) is 0 Å². The summed E-state index contributed by atoms with van der Waals surface area (Å²) in [5.74, 6) is 0.310. The molecule has 2 N–H and O–H groups in total. The molecular formula is C17H20N2O4. The van der Waals surface area contributed by atoms with E-state index in [1.54, 1.807) is 19.2 Å². The maximum atomic E-state index is 10.9. The molecule has 0 radical (unpaired) electrons. The van der Waals surface area contributed by atoms with E-state index in [9.17, 15) is 4.79 Å². The number of carboxylic acid groups (broad SMARTS) is 1. The van der Waals surface area contributed by atoms with Gasteiger partial charge in [-0.25, -0.2) is 9.78 Å². The predicted octanol–water partition coefficient (Wildman–Crippen LogP) is 2.81. The zero-order valence-electron chi connectivity index (χ0n) is 13.0. The van der Waals surface area contributed by atoms with Crippen LogP contribution in [0.25, 0.3) is 0 Å². The van der Waals surface area contributed by atoms with Gasteiger partial charge >= 0.3 is 5.97 Å². The Balaban J connectivity index is 1.84. The number of nitrogens with zero attached hydrogens (tertiary/aromatic N) is 1. The first kappa shape index (κ1) is 16.8. The topological polar surface area (TPSA) is 80.7 Å². The number of benzene rings is 1. The van der Waals surface area contributed by atoms with Crippen molar-refractivity contribution in [2.75, 3.05) is 25.6 Å². The first-order valence-electron chi connectivity index (χ1n) is 7.34. The fourth-order valence-electron chi connectivity index (χ4n) is 1.94. The molecule has 0 bridgehead atoms. The van der Waals surface area contributed by atoms with Crippen LogP contribution in [-0.2, 0) is 11.3 Å². The van der Waals surface area contributed by atoms with E-state index in [-0.39, 0.29) is 5.69 Å². The summed E-state index contributed by atoms with van der Waals surface area (Å²) < 4.78 is 10.6. The van der Waals surface area contributed by atoms with E-state index in [0.717, 1.165) is 17.7 Å².